The fourth-order valence-electron chi connectivity index (χ4n) is 3.13. The van der Waals surface area contributed by atoms with E-state index in [9.17, 15) is 4.79 Å². The average Bonchev–Trinajstić information content (AvgIpc) is 2.98. The molecule has 1 heterocycles. The number of carbonyl (C=O) groups is 1. The summed E-state index contributed by atoms with van der Waals surface area (Å²) in [7, 11) is 1.69. The lowest BCUT2D eigenvalue weighted by Crippen LogP contribution is -2.31. The summed E-state index contributed by atoms with van der Waals surface area (Å²) in [6.07, 6.45) is 4.44. The van der Waals surface area contributed by atoms with Gasteiger partial charge in [-0.15, -0.1) is 11.3 Å². The van der Waals surface area contributed by atoms with Crippen molar-refractivity contribution in [2.75, 3.05) is 7.11 Å². The minimum atomic E-state index is 0.117. The number of ether oxygens (including phenoxy) is 1. The lowest BCUT2D eigenvalue weighted by atomic mass is 9.87. The van der Waals surface area contributed by atoms with Crippen LogP contribution in [0.3, 0.4) is 0 Å². The van der Waals surface area contributed by atoms with Gasteiger partial charge in [-0.05, 0) is 55.9 Å². The van der Waals surface area contributed by atoms with Crippen molar-refractivity contribution in [1.82, 2.24) is 10.3 Å². The van der Waals surface area contributed by atoms with Crippen LogP contribution in [-0.4, -0.2) is 18.0 Å². The van der Waals surface area contributed by atoms with Crippen LogP contribution in [0.15, 0.2) is 23.7 Å². The van der Waals surface area contributed by atoms with Crippen molar-refractivity contribution < 1.29 is 9.53 Å². The number of hydrogen-bond acceptors (Lipinski definition) is 4. The first kappa shape index (κ1) is 16.0. The average molecular weight is 330 g/mol. The van der Waals surface area contributed by atoms with E-state index in [1.165, 1.54) is 16.0 Å². The van der Waals surface area contributed by atoms with E-state index in [0.717, 1.165) is 37.1 Å². The second-order valence-electron chi connectivity index (χ2n) is 5.94. The van der Waals surface area contributed by atoms with Crippen LogP contribution in [0.2, 0.25) is 0 Å². The molecule has 122 valence electrons. The van der Waals surface area contributed by atoms with E-state index >= 15 is 0 Å². The number of nitrogens with zero attached hydrogens (tertiary/aromatic N) is 1. The van der Waals surface area contributed by atoms with Crippen molar-refractivity contribution in [3.05, 3.63) is 45.4 Å². The molecule has 0 bridgehead atoms. The van der Waals surface area contributed by atoms with Crippen molar-refractivity contribution in [3.63, 3.8) is 0 Å². The Kier molecular flexibility index (Phi) is 4.96. The summed E-state index contributed by atoms with van der Waals surface area (Å²) in [5, 5.41) is 3.20. The summed E-state index contributed by atoms with van der Waals surface area (Å²) in [5.74, 6) is 1.00. The van der Waals surface area contributed by atoms with Crippen LogP contribution in [0.1, 0.15) is 47.0 Å². The van der Waals surface area contributed by atoms with Gasteiger partial charge in [0.25, 0.3) is 0 Å². The third-order valence-electron chi connectivity index (χ3n) is 4.42. The van der Waals surface area contributed by atoms with Crippen LogP contribution < -0.4 is 10.1 Å². The fourth-order valence-corrected chi connectivity index (χ4v) is 3.91. The second-order valence-corrected chi connectivity index (χ2v) is 6.88. The van der Waals surface area contributed by atoms with Gasteiger partial charge in [0.2, 0.25) is 5.91 Å². The third-order valence-corrected chi connectivity index (χ3v) is 5.42. The van der Waals surface area contributed by atoms with Crippen LogP contribution in [0.4, 0.5) is 0 Å². The van der Waals surface area contributed by atoms with Crippen molar-refractivity contribution >= 4 is 17.2 Å². The van der Waals surface area contributed by atoms with Gasteiger partial charge in [0, 0.05) is 11.3 Å². The van der Waals surface area contributed by atoms with Crippen LogP contribution in [0, 0.1) is 6.92 Å². The Bertz CT molecular complexity index is 696. The van der Waals surface area contributed by atoms with Crippen LogP contribution >= 0.6 is 11.3 Å². The summed E-state index contributed by atoms with van der Waals surface area (Å²) in [6, 6.07) is 6.28. The number of aryl methyl sites for hydroxylation is 3. The molecule has 0 saturated carbocycles. The summed E-state index contributed by atoms with van der Waals surface area (Å²) in [6.45, 7) is 1.99. The molecule has 1 N–H and O–H groups in total. The number of benzene rings is 1. The Labute approximate surface area is 140 Å². The van der Waals surface area contributed by atoms with Crippen molar-refractivity contribution in [1.29, 1.82) is 0 Å². The van der Waals surface area contributed by atoms with Crippen LogP contribution in [-0.2, 0) is 17.6 Å². The lowest BCUT2D eigenvalue weighted by molar-refractivity contribution is -0.121. The molecular formula is C18H22N2O2S. The van der Waals surface area contributed by atoms with Gasteiger partial charge in [-0.2, -0.15) is 0 Å². The van der Waals surface area contributed by atoms with E-state index in [0.29, 0.717) is 6.42 Å². The number of carbonyl (C=O) groups excluding carboxylic acids is 1. The number of amides is 1. The predicted octanol–water partition coefficient (Wildman–Crippen LogP) is 3.59. The largest absolute Gasteiger partial charge is 0.497 e. The number of methoxy groups -OCH3 is 1. The Balaban J connectivity index is 1.62. The monoisotopic (exact) mass is 330 g/mol. The quantitative estimate of drug-likeness (QED) is 0.911. The highest BCUT2D eigenvalue weighted by molar-refractivity contribution is 7.09. The zero-order valence-corrected chi connectivity index (χ0v) is 14.4. The molecule has 1 aliphatic rings. The van der Waals surface area contributed by atoms with Crippen LogP contribution in [0.25, 0.3) is 0 Å². The number of fused-ring (bicyclic) bond motifs is 1. The zero-order chi connectivity index (χ0) is 16.2. The minimum Gasteiger partial charge on any atom is -0.497 e. The number of rotatable bonds is 5. The molecule has 1 aromatic carbocycles. The molecule has 0 aliphatic heterocycles. The van der Waals surface area contributed by atoms with Crippen molar-refractivity contribution in [3.8, 4) is 5.75 Å². The SMILES string of the molecule is COc1ccc2c(c1)CCCC2NC(=O)CCc1scnc1C. The molecule has 1 aromatic heterocycles. The molecule has 0 radical (unpaired) electrons. The van der Waals surface area contributed by atoms with Gasteiger partial charge in [-0.1, -0.05) is 6.07 Å². The van der Waals surface area contributed by atoms with Crippen LogP contribution in [0.5, 0.6) is 5.75 Å². The summed E-state index contributed by atoms with van der Waals surface area (Å²) in [4.78, 5) is 17.7. The predicted molar refractivity (Wildman–Crippen MR) is 92.0 cm³/mol. The molecule has 4 nitrogen and oxygen atoms in total. The van der Waals surface area contributed by atoms with Gasteiger partial charge in [0.1, 0.15) is 5.75 Å². The maximum atomic E-state index is 12.3. The molecule has 2 aromatic rings. The standard InChI is InChI=1S/C18H22N2O2S/c1-12-17(23-11-19-12)8-9-18(21)20-16-5-3-4-13-10-14(22-2)6-7-15(13)16/h6-7,10-11,16H,3-5,8-9H2,1-2H3,(H,20,21). The third kappa shape index (κ3) is 3.72. The topological polar surface area (TPSA) is 51.2 Å². The van der Waals surface area contributed by atoms with Gasteiger partial charge < -0.3 is 10.1 Å². The molecule has 1 unspecified atom stereocenters. The molecule has 1 amide bonds. The number of hydrogen-bond donors (Lipinski definition) is 1. The van der Waals surface area contributed by atoms with E-state index in [1.54, 1.807) is 18.4 Å². The highest BCUT2D eigenvalue weighted by Gasteiger charge is 2.22. The Hall–Kier alpha value is -1.88. The Morgan fingerprint density at radius 3 is 3.09 bits per heavy atom. The van der Waals surface area contributed by atoms with E-state index < -0.39 is 0 Å². The lowest BCUT2D eigenvalue weighted by Gasteiger charge is -2.26. The zero-order valence-electron chi connectivity index (χ0n) is 13.6. The first-order chi connectivity index (χ1) is 11.2. The highest BCUT2D eigenvalue weighted by atomic mass is 32.1. The molecule has 23 heavy (non-hydrogen) atoms. The van der Waals surface area contributed by atoms with E-state index in [4.69, 9.17) is 4.74 Å². The first-order valence-corrected chi connectivity index (χ1v) is 8.90. The Morgan fingerprint density at radius 1 is 1.48 bits per heavy atom. The molecule has 0 saturated heterocycles. The van der Waals surface area contributed by atoms with E-state index in [2.05, 4.69) is 22.4 Å². The molecule has 1 aliphatic carbocycles. The van der Waals surface area contributed by atoms with Gasteiger partial charge >= 0.3 is 0 Å². The molecule has 3 rings (SSSR count). The molecule has 0 spiro atoms. The minimum absolute atomic E-state index is 0.117. The Morgan fingerprint density at radius 2 is 2.35 bits per heavy atom. The smallest absolute Gasteiger partial charge is 0.220 e. The molecule has 0 fully saturated rings. The molecule has 5 heteroatoms. The van der Waals surface area contributed by atoms with Gasteiger partial charge in [0.05, 0.1) is 24.4 Å². The highest BCUT2D eigenvalue weighted by Crippen LogP contribution is 2.32. The summed E-state index contributed by atoms with van der Waals surface area (Å²) in [5.41, 5.74) is 5.41. The van der Waals surface area contributed by atoms with E-state index in [1.807, 2.05) is 18.5 Å². The van der Waals surface area contributed by atoms with E-state index in [-0.39, 0.29) is 11.9 Å². The number of nitrogens with one attached hydrogen (secondary N) is 1. The number of aromatic nitrogens is 1. The fraction of sp³-hybridized carbons (Fsp3) is 0.444. The summed E-state index contributed by atoms with van der Waals surface area (Å²) < 4.78 is 5.30. The number of thiazole rings is 1. The van der Waals surface area contributed by atoms with Gasteiger partial charge in [-0.25, -0.2) is 4.98 Å². The normalized spacial score (nSPS) is 16.7. The van der Waals surface area contributed by atoms with Crippen molar-refractivity contribution in [2.45, 2.75) is 45.1 Å². The summed E-state index contributed by atoms with van der Waals surface area (Å²) >= 11 is 1.63. The molecular weight excluding hydrogens is 308 g/mol. The van der Waals surface area contributed by atoms with Gasteiger partial charge in [-0.3, -0.25) is 4.79 Å². The maximum absolute atomic E-state index is 12.3. The molecule has 1 atom stereocenters. The first-order valence-electron chi connectivity index (χ1n) is 8.02. The van der Waals surface area contributed by atoms with Crippen molar-refractivity contribution in [2.24, 2.45) is 0 Å². The maximum Gasteiger partial charge on any atom is 0.220 e. The second kappa shape index (κ2) is 7.13. The van der Waals surface area contributed by atoms with Gasteiger partial charge in [0.15, 0.2) is 0 Å².